The number of amides is 1. The number of thiazole rings is 1. The summed E-state index contributed by atoms with van der Waals surface area (Å²) in [4.78, 5) is 18.7. The highest BCUT2D eigenvalue weighted by Crippen LogP contribution is 2.17. The lowest BCUT2D eigenvalue weighted by Crippen LogP contribution is -2.18. The Hall–Kier alpha value is -1.76. The van der Waals surface area contributed by atoms with Crippen LogP contribution in [0.3, 0.4) is 0 Å². The molecule has 3 rings (SSSR count). The summed E-state index contributed by atoms with van der Waals surface area (Å²) in [6.45, 7) is 3.79. The zero-order chi connectivity index (χ0) is 17.5. The Morgan fingerprint density at radius 3 is 3.12 bits per heavy atom. The summed E-state index contributed by atoms with van der Waals surface area (Å²) in [5, 5.41) is 8.46. The first kappa shape index (κ1) is 18.0. The fourth-order valence-corrected chi connectivity index (χ4v) is 3.78. The molecule has 2 N–H and O–H groups in total. The van der Waals surface area contributed by atoms with E-state index in [0.29, 0.717) is 12.3 Å². The largest absolute Gasteiger partial charge is 0.326 e. The van der Waals surface area contributed by atoms with Crippen LogP contribution in [-0.4, -0.2) is 35.9 Å². The molecule has 6 heteroatoms. The Labute approximate surface area is 153 Å². The van der Waals surface area contributed by atoms with Gasteiger partial charge >= 0.3 is 0 Å². The van der Waals surface area contributed by atoms with Crippen molar-refractivity contribution in [1.82, 2.24) is 15.2 Å². The highest BCUT2D eigenvalue weighted by molar-refractivity contribution is 7.07. The molecule has 25 heavy (non-hydrogen) atoms. The molecule has 1 aliphatic rings. The normalized spacial score (nSPS) is 17.1. The van der Waals surface area contributed by atoms with Crippen LogP contribution < -0.4 is 10.6 Å². The van der Waals surface area contributed by atoms with Gasteiger partial charge in [-0.05, 0) is 56.6 Å². The molecule has 1 fully saturated rings. The zero-order valence-electron chi connectivity index (χ0n) is 14.7. The van der Waals surface area contributed by atoms with Crippen LogP contribution in [0.15, 0.2) is 35.2 Å². The van der Waals surface area contributed by atoms with Gasteiger partial charge in [0.05, 0.1) is 11.2 Å². The molecule has 1 atom stereocenters. The Balaban J connectivity index is 1.47. The maximum absolute atomic E-state index is 12.2. The lowest BCUT2D eigenvalue weighted by Gasteiger charge is -2.16. The van der Waals surface area contributed by atoms with Gasteiger partial charge in [-0.1, -0.05) is 12.1 Å². The van der Waals surface area contributed by atoms with E-state index in [1.165, 1.54) is 12.0 Å². The highest BCUT2D eigenvalue weighted by Gasteiger charge is 2.15. The molecule has 0 bridgehead atoms. The van der Waals surface area contributed by atoms with E-state index >= 15 is 0 Å². The Kier molecular flexibility index (Phi) is 6.55. The number of hydrogen-bond donors (Lipinski definition) is 2. The number of rotatable bonds is 8. The van der Waals surface area contributed by atoms with Crippen molar-refractivity contribution < 1.29 is 4.79 Å². The SMILES string of the molecule is CN(Cc1cccc(NC(=O)CCC2CCNC2)c1)Cc1cscn1. The molecule has 1 aromatic heterocycles. The lowest BCUT2D eigenvalue weighted by atomic mass is 10.0. The Bertz CT molecular complexity index is 668. The van der Waals surface area contributed by atoms with E-state index in [0.717, 1.165) is 44.0 Å². The molecule has 0 saturated carbocycles. The van der Waals surface area contributed by atoms with Crippen LogP contribution in [0.1, 0.15) is 30.5 Å². The Morgan fingerprint density at radius 2 is 2.36 bits per heavy atom. The second-order valence-electron chi connectivity index (χ2n) is 6.80. The van der Waals surface area contributed by atoms with E-state index in [1.54, 1.807) is 11.3 Å². The van der Waals surface area contributed by atoms with Gasteiger partial charge in [-0.3, -0.25) is 9.69 Å². The summed E-state index contributed by atoms with van der Waals surface area (Å²) in [5.41, 5.74) is 5.03. The molecule has 1 unspecified atom stereocenters. The first-order chi connectivity index (χ1) is 12.2. The van der Waals surface area contributed by atoms with Crippen molar-refractivity contribution in [2.24, 2.45) is 5.92 Å². The summed E-state index contributed by atoms with van der Waals surface area (Å²) in [6, 6.07) is 8.12. The predicted molar refractivity (Wildman–Crippen MR) is 103 cm³/mol. The van der Waals surface area contributed by atoms with Gasteiger partial charge in [0.25, 0.3) is 0 Å². The predicted octanol–water partition coefficient (Wildman–Crippen LogP) is 3.10. The molecule has 0 radical (unpaired) electrons. The number of anilines is 1. The molecule has 134 valence electrons. The van der Waals surface area contributed by atoms with Crippen molar-refractivity contribution in [2.45, 2.75) is 32.4 Å². The molecule has 1 amide bonds. The van der Waals surface area contributed by atoms with E-state index < -0.39 is 0 Å². The van der Waals surface area contributed by atoms with Crippen LogP contribution in [0, 0.1) is 5.92 Å². The van der Waals surface area contributed by atoms with Gasteiger partial charge < -0.3 is 10.6 Å². The number of aromatic nitrogens is 1. The maximum atomic E-state index is 12.2. The van der Waals surface area contributed by atoms with Gasteiger partial charge in [-0.2, -0.15) is 0 Å². The summed E-state index contributed by atoms with van der Waals surface area (Å²) >= 11 is 1.62. The van der Waals surface area contributed by atoms with Crippen molar-refractivity contribution in [1.29, 1.82) is 0 Å². The van der Waals surface area contributed by atoms with Gasteiger partial charge in [0.1, 0.15) is 0 Å². The molecular weight excluding hydrogens is 332 g/mol. The molecular formula is C19H26N4OS. The fourth-order valence-electron chi connectivity index (χ4n) is 3.23. The summed E-state index contributed by atoms with van der Waals surface area (Å²) < 4.78 is 0. The number of carbonyl (C=O) groups is 1. The zero-order valence-corrected chi connectivity index (χ0v) is 15.5. The van der Waals surface area contributed by atoms with Crippen molar-refractivity contribution in [3.63, 3.8) is 0 Å². The van der Waals surface area contributed by atoms with Crippen LogP contribution in [0.4, 0.5) is 5.69 Å². The van der Waals surface area contributed by atoms with E-state index in [9.17, 15) is 4.79 Å². The minimum absolute atomic E-state index is 0.111. The number of nitrogens with zero attached hydrogens (tertiary/aromatic N) is 2. The minimum atomic E-state index is 0.111. The average molecular weight is 359 g/mol. The van der Waals surface area contributed by atoms with Crippen LogP contribution in [0.2, 0.25) is 0 Å². The molecule has 0 spiro atoms. The third kappa shape index (κ3) is 5.92. The van der Waals surface area contributed by atoms with Gasteiger partial charge in [-0.15, -0.1) is 11.3 Å². The van der Waals surface area contributed by atoms with Crippen LogP contribution >= 0.6 is 11.3 Å². The quantitative estimate of drug-likeness (QED) is 0.761. The monoisotopic (exact) mass is 358 g/mol. The molecule has 5 nitrogen and oxygen atoms in total. The van der Waals surface area contributed by atoms with Crippen molar-refractivity contribution in [3.05, 3.63) is 46.4 Å². The number of hydrogen-bond acceptors (Lipinski definition) is 5. The fraction of sp³-hybridized carbons (Fsp3) is 0.474. The summed E-state index contributed by atoms with van der Waals surface area (Å²) in [6.07, 6.45) is 2.75. The molecule has 0 aliphatic carbocycles. The number of carbonyl (C=O) groups excluding carboxylic acids is 1. The average Bonchev–Trinajstić information content (AvgIpc) is 3.26. The Morgan fingerprint density at radius 1 is 1.44 bits per heavy atom. The third-order valence-corrected chi connectivity index (χ3v) is 5.16. The van der Waals surface area contributed by atoms with Crippen LogP contribution in [-0.2, 0) is 17.9 Å². The topological polar surface area (TPSA) is 57.3 Å². The minimum Gasteiger partial charge on any atom is -0.326 e. The van der Waals surface area contributed by atoms with Crippen LogP contribution in [0.25, 0.3) is 0 Å². The summed E-state index contributed by atoms with van der Waals surface area (Å²) in [5.74, 6) is 0.760. The molecule has 2 heterocycles. The van der Waals surface area contributed by atoms with Gasteiger partial charge in [-0.25, -0.2) is 4.98 Å². The van der Waals surface area contributed by atoms with E-state index in [1.807, 2.05) is 17.6 Å². The number of nitrogens with one attached hydrogen (secondary N) is 2. The van der Waals surface area contributed by atoms with Gasteiger partial charge in [0.2, 0.25) is 5.91 Å². The maximum Gasteiger partial charge on any atom is 0.224 e. The summed E-state index contributed by atoms with van der Waals surface area (Å²) in [7, 11) is 2.08. The third-order valence-electron chi connectivity index (χ3n) is 4.52. The smallest absolute Gasteiger partial charge is 0.224 e. The molecule has 1 aliphatic heterocycles. The molecule has 1 aromatic carbocycles. The highest BCUT2D eigenvalue weighted by atomic mass is 32.1. The second kappa shape index (κ2) is 9.08. The van der Waals surface area contributed by atoms with E-state index in [4.69, 9.17) is 0 Å². The molecule has 2 aromatic rings. The second-order valence-corrected chi connectivity index (χ2v) is 7.52. The molecule has 1 saturated heterocycles. The standard InChI is InChI=1S/C19H26N4OS/c1-23(12-18-13-25-14-21-18)11-16-3-2-4-17(9-16)22-19(24)6-5-15-7-8-20-10-15/h2-4,9,13-15,20H,5-8,10-12H2,1H3,(H,22,24). The van der Waals surface area contributed by atoms with Gasteiger partial charge in [0, 0.05) is 30.6 Å². The number of benzene rings is 1. The van der Waals surface area contributed by atoms with Crippen molar-refractivity contribution in [2.75, 3.05) is 25.5 Å². The first-order valence-electron chi connectivity index (χ1n) is 8.84. The van der Waals surface area contributed by atoms with Gasteiger partial charge in [0.15, 0.2) is 0 Å². The van der Waals surface area contributed by atoms with Crippen molar-refractivity contribution in [3.8, 4) is 0 Å². The van der Waals surface area contributed by atoms with E-state index in [2.05, 4.69) is 45.1 Å². The van der Waals surface area contributed by atoms with Crippen LogP contribution in [0.5, 0.6) is 0 Å². The van der Waals surface area contributed by atoms with Crippen molar-refractivity contribution >= 4 is 22.9 Å². The first-order valence-corrected chi connectivity index (χ1v) is 9.78. The van der Waals surface area contributed by atoms with E-state index in [-0.39, 0.29) is 5.91 Å². The lowest BCUT2D eigenvalue weighted by molar-refractivity contribution is -0.116.